The van der Waals surface area contributed by atoms with Gasteiger partial charge >= 0.3 is 0 Å². The van der Waals surface area contributed by atoms with Crippen molar-refractivity contribution in [2.75, 3.05) is 0 Å². The van der Waals surface area contributed by atoms with Crippen LogP contribution in [0.4, 0.5) is 0 Å². The van der Waals surface area contributed by atoms with Gasteiger partial charge in [0.2, 0.25) is 5.91 Å². The van der Waals surface area contributed by atoms with Gasteiger partial charge in [-0.05, 0) is 42.5 Å². The first kappa shape index (κ1) is 16.2. The molecule has 0 radical (unpaired) electrons. The molecule has 0 saturated carbocycles. The number of para-hydroxylation sites is 1. The number of carbonyl (C=O) groups is 1. The first-order chi connectivity index (χ1) is 11.7. The Morgan fingerprint density at radius 3 is 2.83 bits per heavy atom. The fourth-order valence-electron chi connectivity index (χ4n) is 3.13. The maximum absolute atomic E-state index is 12.4. The number of hydrogen-bond acceptors (Lipinski definition) is 2. The molecule has 0 bridgehead atoms. The Balaban J connectivity index is 1.65. The molecule has 4 nitrogen and oxygen atoms in total. The summed E-state index contributed by atoms with van der Waals surface area (Å²) in [6.07, 6.45) is 4.88. The summed E-state index contributed by atoms with van der Waals surface area (Å²) in [5.74, 6) is 0.0721. The topological polar surface area (TPSA) is 46.9 Å². The number of aryl methyl sites for hydroxylation is 2. The van der Waals surface area contributed by atoms with Crippen molar-refractivity contribution in [1.29, 1.82) is 0 Å². The van der Waals surface area contributed by atoms with Crippen LogP contribution in [0.2, 0.25) is 0 Å². The van der Waals surface area contributed by atoms with Gasteiger partial charge in [-0.3, -0.25) is 9.78 Å². The quantitative estimate of drug-likeness (QED) is 0.746. The van der Waals surface area contributed by atoms with Gasteiger partial charge in [-0.15, -0.1) is 0 Å². The second-order valence-corrected chi connectivity index (χ2v) is 6.06. The fraction of sp³-hybridized carbons (Fsp3) is 0.300. The average molecular weight is 321 g/mol. The number of rotatable bonds is 6. The van der Waals surface area contributed by atoms with Crippen molar-refractivity contribution in [2.24, 2.45) is 0 Å². The molecule has 1 amide bonds. The molecule has 0 spiro atoms. The maximum atomic E-state index is 12.4. The van der Waals surface area contributed by atoms with Crippen LogP contribution in [0.25, 0.3) is 10.9 Å². The smallest absolute Gasteiger partial charge is 0.222 e. The summed E-state index contributed by atoms with van der Waals surface area (Å²) in [4.78, 5) is 16.5. The molecule has 24 heavy (non-hydrogen) atoms. The lowest BCUT2D eigenvalue weighted by molar-refractivity contribution is -0.122. The molecule has 3 rings (SSSR count). The third kappa shape index (κ3) is 3.48. The van der Waals surface area contributed by atoms with E-state index >= 15 is 0 Å². The number of benzene rings is 1. The molecular formula is C20H23N3O. The molecule has 0 aliphatic carbocycles. The molecule has 0 aliphatic heterocycles. The van der Waals surface area contributed by atoms with Crippen LogP contribution >= 0.6 is 0 Å². The Morgan fingerprint density at radius 2 is 2.08 bits per heavy atom. The van der Waals surface area contributed by atoms with Crippen LogP contribution in [0.1, 0.15) is 37.1 Å². The lowest BCUT2D eigenvalue weighted by Gasteiger charge is -2.17. The monoisotopic (exact) mass is 321 g/mol. The second kappa shape index (κ2) is 7.30. The van der Waals surface area contributed by atoms with Crippen molar-refractivity contribution < 1.29 is 4.79 Å². The van der Waals surface area contributed by atoms with E-state index in [0.29, 0.717) is 13.0 Å². The highest BCUT2D eigenvalue weighted by Crippen LogP contribution is 2.20. The van der Waals surface area contributed by atoms with E-state index in [1.165, 1.54) is 16.6 Å². The molecule has 1 aromatic carbocycles. The molecule has 2 aromatic heterocycles. The van der Waals surface area contributed by atoms with Gasteiger partial charge in [0.05, 0.1) is 6.04 Å². The van der Waals surface area contributed by atoms with Gasteiger partial charge < -0.3 is 9.88 Å². The van der Waals surface area contributed by atoms with Gasteiger partial charge in [0.1, 0.15) is 0 Å². The zero-order valence-electron chi connectivity index (χ0n) is 14.2. The lowest BCUT2D eigenvalue weighted by Crippen LogP contribution is -2.29. The van der Waals surface area contributed by atoms with E-state index in [9.17, 15) is 4.79 Å². The SMILES string of the molecule is CCC(NC(=O)CCn1c(C)cc2ccccc21)c1cccnc1. The van der Waals surface area contributed by atoms with Gasteiger partial charge in [0.15, 0.2) is 0 Å². The average Bonchev–Trinajstić information content (AvgIpc) is 2.93. The third-order valence-corrected chi connectivity index (χ3v) is 4.41. The Labute approximate surface area is 142 Å². The Kier molecular flexibility index (Phi) is 4.94. The number of hydrogen-bond donors (Lipinski definition) is 1. The molecule has 1 atom stereocenters. The van der Waals surface area contributed by atoms with Crippen LogP contribution in [0.5, 0.6) is 0 Å². The van der Waals surface area contributed by atoms with Gasteiger partial charge in [-0.25, -0.2) is 0 Å². The molecule has 0 aliphatic rings. The Hall–Kier alpha value is -2.62. The molecule has 124 valence electrons. The minimum Gasteiger partial charge on any atom is -0.349 e. The van der Waals surface area contributed by atoms with Crippen LogP contribution in [0.3, 0.4) is 0 Å². The summed E-state index contributed by atoms with van der Waals surface area (Å²) >= 11 is 0. The van der Waals surface area contributed by atoms with Gasteiger partial charge in [0, 0.05) is 36.6 Å². The third-order valence-electron chi connectivity index (χ3n) is 4.41. The molecule has 1 unspecified atom stereocenters. The van der Waals surface area contributed by atoms with Crippen molar-refractivity contribution in [1.82, 2.24) is 14.9 Å². The van der Waals surface area contributed by atoms with E-state index in [2.05, 4.69) is 46.9 Å². The summed E-state index contributed by atoms with van der Waals surface area (Å²) in [6, 6.07) is 14.4. The maximum Gasteiger partial charge on any atom is 0.222 e. The summed E-state index contributed by atoms with van der Waals surface area (Å²) in [5.41, 5.74) is 3.42. The summed E-state index contributed by atoms with van der Waals surface area (Å²) in [6.45, 7) is 4.85. The van der Waals surface area contributed by atoms with Crippen molar-refractivity contribution in [3.8, 4) is 0 Å². The minimum absolute atomic E-state index is 0.0219. The van der Waals surface area contributed by atoms with E-state index in [0.717, 1.165) is 12.0 Å². The van der Waals surface area contributed by atoms with Crippen molar-refractivity contribution >= 4 is 16.8 Å². The van der Waals surface area contributed by atoms with Crippen LogP contribution < -0.4 is 5.32 Å². The number of nitrogens with one attached hydrogen (secondary N) is 1. The van der Waals surface area contributed by atoms with Crippen LogP contribution in [-0.4, -0.2) is 15.5 Å². The standard InChI is InChI=1S/C20H23N3O/c1-3-18(17-8-6-11-21-14-17)22-20(24)10-12-23-15(2)13-16-7-4-5-9-19(16)23/h4-9,11,13-14,18H,3,10,12H2,1-2H3,(H,22,24). The number of carbonyl (C=O) groups excluding carboxylic acids is 1. The van der Waals surface area contributed by atoms with E-state index in [1.807, 2.05) is 30.5 Å². The number of aromatic nitrogens is 2. The molecular weight excluding hydrogens is 298 g/mol. The van der Waals surface area contributed by atoms with E-state index in [4.69, 9.17) is 0 Å². The predicted octanol–water partition coefficient (Wildman–Crippen LogP) is 4.00. The first-order valence-corrected chi connectivity index (χ1v) is 8.43. The van der Waals surface area contributed by atoms with E-state index < -0.39 is 0 Å². The van der Waals surface area contributed by atoms with Gasteiger partial charge in [0.25, 0.3) is 0 Å². The highest BCUT2D eigenvalue weighted by Gasteiger charge is 2.13. The number of amides is 1. The zero-order chi connectivity index (χ0) is 16.9. The second-order valence-electron chi connectivity index (χ2n) is 6.06. The lowest BCUT2D eigenvalue weighted by atomic mass is 10.1. The molecule has 1 N–H and O–H groups in total. The van der Waals surface area contributed by atoms with Crippen LogP contribution in [0.15, 0.2) is 54.9 Å². The number of pyridine rings is 1. The van der Waals surface area contributed by atoms with E-state index in [1.54, 1.807) is 6.20 Å². The largest absolute Gasteiger partial charge is 0.349 e. The highest BCUT2D eigenvalue weighted by atomic mass is 16.1. The zero-order valence-corrected chi connectivity index (χ0v) is 14.2. The summed E-state index contributed by atoms with van der Waals surface area (Å²) in [5, 5.41) is 4.34. The van der Waals surface area contributed by atoms with Crippen molar-refractivity contribution in [2.45, 2.75) is 39.3 Å². The molecule has 4 heteroatoms. The highest BCUT2D eigenvalue weighted by molar-refractivity contribution is 5.82. The van der Waals surface area contributed by atoms with Gasteiger partial charge in [-0.2, -0.15) is 0 Å². The van der Waals surface area contributed by atoms with Crippen molar-refractivity contribution in [3.63, 3.8) is 0 Å². The molecule has 2 heterocycles. The summed E-state index contributed by atoms with van der Waals surface area (Å²) in [7, 11) is 0. The predicted molar refractivity (Wildman–Crippen MR) is 96.7 cm³/mol. The Bertz CT molecular complexity index is 823. The number of nitrogens with zero attached hydrogens (tertiary/aromatic N) is 2. The van der Waals surface area contributed by atoms with E-state index in [-0.39, 0.29) is 11.9 Å². The first-order valence-electron chi connectivity index (χ1n) is 8.43. The van der Waals surface area contributed by atoms with Crippen LogP contribution in [0, 0.1) is 6.92 Å². The van der Waals surface area contributed by atoms with Gasteiger partial charge in [-0.1, -0.05) is 31.2 Å². The minimum atomic E-state index is 0.0219. The van der Waals surface area contributed by atoms with Crippen molar-refractivity contribution in [3.05, 3.63) is 66.1 Å². The summed E-state index contributed by atoms with van der Waals surface area (Å²) < 4.78 is 2.21. The molecule has 0 saturated heterocycles. The van der Waals surface area contributed by atoms with Crippen LogP contribution in [-0.2, 0) is 11.3 Å². The number of fused-ring (bicyclic) bond motifs is 1. The molecule has 0 fully saturated rings. The normalized spacial score (nSPS) is 12.2. The fourth-order valence-corrected chi connectivity index (χ4v) is 3.13. The Morgan fingerprint density at radius 1 is 1.25 bits per heavy atom. The molecule has 3 aromatic rings.